The van der Waals surface area contributed by atoms with Crippen LogP contribution < -0.4 is 16.4 Å². The van der Waals surface area contributed by atoms with Gasteiger partial charge in [-0.1, -0.05) is 43.3 Å². The number of imidazole rings is 1. The van der Waals surface area contributed by atoms with Gasteiger partial charge in [0, 0.05) is 49.7 Å². The molecule has 326 valence electrons. The van der Waals surface area contributed by atoms with Crippen LogP contribution in [0.3, 0.4) is 0 Å². The maximum absolute atomic E-state index is 14.1. The first-order valence-corrected chi connectivity index (χ1v) is 21.5. The van der Waals surface area contributed by atoms with E-state index in [4.69, 9.17) is 15.2 Å². The van der Waals surface area contributed by atoms with Gasteiger partial charge in [-0.3, -0.25) is 24.0 Å². The summed E-state index contributed by atoms with van der Waals surface area (Å²) in [4.78, 5) is 91.3. The SMILES string of the molecule is COC(=O)N[C@H]1CCc2ccn3c2C1C(=O)C[C@H](C(=O)N1CCC[C@H]1C(=O)Nc1ccc(-c2ccc(-c4cnc([C@@H]5CCCN5C(=O)[C@@H](C(=O)OC)C(C)CN)[nH]4)cc2)cc1)C3. The van der Waals surface area contributed by atoms with E-state index in [9.17, 15) is 28.8 Å². The van der Waals surface area contributed by atoms with Crippen LogP contribution in [0.4, 0.5) is 10.5 Å². The minimum absolute atomic E-state index is 0.0249. The largest absolute Gasteiger partial charge is 0.468 e. The van der Waals surface area contributed by atoms with E-state index in [1.54, 1.807) is 22.9 Å². The number of amides is 4. The minimum Gasteiger partial charge on any atom is -0.468 e. The van der Waals surface area contributed by atoms with Crippen LogP contribution >= 0.6 is 0 Å². The fourth-order valence-corrected chi connectivity index (χ4v) is 9.86. The lowest BCUT2D eigenvalue weighted by Crippen LogP contribution is -2.47. The van der Waals surface area contributed by atoms with Crippen molar-refractivity contribution in [2.24, 2.45) is 23.5 Å². The van der Waals surface area contributed by atoms with E-state index in [-0.39, 0.29) is 48.4 Å². The molecule has 2 fully saturated rings. The number of carbonyl (C=O) groups excluding carboxylic acids is 6. The van der Waals surface area contributed by atoms with Crippen LogP contribution in [0, 0.1) is 17.8 Å². The highest BCUT2D eigenvalue weighted by Crippen LogP contribution is 2.39. The molecule has 4 aromatic rings. The number of esters is 1. The number of H-pyrrole nitrogens is 1. The number of ketones is 1. The third-order valence-corrected chi connectivity index (χ3v) is 13.2. The number of benzene rings is 2. The van der Waals surface area contributed by atoms with Crippen molar-refractivity contribution in [1.29, 1.82) is 0 Å². The first kappa shape index (κ1) is 42.4. The van der Waals surface area contributed by atoms with Gasteiger partial charge in [-0.15, -0.1) is 0 Å². The minimum atomic E-state index is -0.970. The number of nitrogens with two attached hydrogens (primary N) is 1. The molecular weight excluding hydrogens is 793 g/mol. The van der Waals surface area contributed by atoms with Crippen molar-refractivity contribution in [3.63, 3.8) is 0 Å². The Hall–Kier alpha value is -6.29. The molecule has 1 aliphatic carbocycles. The number of hydrogen-bond acceptors (Lipinski definition) is 10. The molecule has 16 nitrogen and oxygen atoms in total. The third kappa shape index (κ3) is 8.22. The summed E-state index contributed by atoms with van der Waals surface area (Å²) in [5.74, 6) is -3.34. The number of methoxy groups -OCH3 is 2. The van der Waals surface area contributed by atoms with Crippen molar-refractivity contribution in [3.8, 4) is 22.4 Å². The number of anilines is 1. The Morgan fingerprint density at radius 2 is 1.60 bits per heavy atom. The lowest BCUT2D eigenvalue weighted by atomic mass is 9.79. The first-order chi connectivity index (χ1) is 30.0. The van der Waals surface area contributed by atoms with Gasteiger partial charge in [-0.25, -0.2) is 9.78 Å². The predicted octanol–water partition coefficient (Wildman–Crippen LogP) is 4.57. The van der Waals surface area contributed by atoms with Crippen molar-refractivity contribution >= 4 is 41.3 Å². The summed E-state index contributed by atoms with van der Waals surface area (Å²) in [6.45, 7) is 3.23. The van der Waals surface area contributed by atoms with Crippen LogP contribution in [0.1, 0.15) is 74.5 Å². The Balaban J connectivity index is 0.890. The van der Waals surface area contributed by atoms with Crippen molar-refractivity contribution in [1.82, 2.24) is 29.7 Å². The molecule has 2 aromatic carbocycles. The molecule has 4 aliphatic rings. The van der Waals surface area contributed by atoms with Crippen LogP contribution in [0.15, 0.2) is 67.0 Å². The number of carbonyl (C=O) groups is 6. The molecule has 0 spiro atoms. The Kier molecular flexibility index (Phi) is 12.3. The average Bonchev–Trinajstić information content (AvgIpc) is 4.13. The zero-order valence-corrected chi connectivity index (χ0v) is 35.3. The van der Waals surface area contributed by atoms with Gasteiger partial charge >= 0.3 is 12.1 Å². The summed E-state index contributed by atoms with van der Waals surface area (Å²) in [5, 5.41) is 5.85. The number of Topliss-reactive ketones (excluding diaryl/α,β-unsaturated/α-hetero) is 1. The Labute approximate surface area is 359 Å². The van der Waals surface area contributed by atoms with E-state index in [1.165, 1.54) is 14.2 Å². The first-order valence-electron chi connectivity index (χ1n) is 21.5. The zero-order chi connectivity index (χ0) is 43.7. The molecule has 0 saturated carbocycles. The molecule has 4 amide bonds. The number of rotatable bonds is 11. The van der Waals surface area contributed by atoms with Crippen molar-refractivity contribution in [3.05, 3.63) is 84.1 Å². The maximum Gasteiger partial charge on any atom is 0.407 e. The number of ether oxygens (including phenoxy) is 2. The molecule has 0 radical (unpaired) electrons. The number of aryl methyl sites for hydroxylation is 1. The molecule has 3 aliphatic heterocycles. The second-order valence-electron chi connectivity index (χ2n) is 16.9. The Morgan fingerprint density at radius 3 is 2.31 bits per heavy atom. The van der Waals surface area contributed by atoms with E-state index in [2.05, 4.69) is 20.6 Å². The van der Waals surface area contributed by atoms with Crippen LogP contribution in [0.25, 0.3) is 22.4 Å². The number of likely N-dealkylation sites (tertiary alicyclic amines) is 2. The summed E-state index contributed by atoms with van der Waals surface area (Å²) in [6.07, 6.45) is 7.12. The van der Waals surface area contributed by atoms with Gasteiger partial charge in [0.1, 0.15) is 23.6 Å². The smallest absolute Gasteiger partial charge is 0.407 e. The van der Waals surface area contributed by atoms with Crippen molar-refractivity contribution in [2.45, 2.75) is 82.5 Å². The average molecular weight is 847 g/mol. The van der Waals surface area contributed by atoms with Gasteiger partial charge in [0.15, 0.2) is 0 Å². The Bertz CT molecular complexity index is 2340. The van der Waals surface area contributed by atoms with Crippen LogP contribution in [-0.4, -0.2) is 106 Å². The molecule has 7 atom stereocenters. The molecule has 62 heavy (non-hydrogen) atoms. The molecule has 2 aromatic heterocycles. The van der Waals surface area contributed by atoms with E-state index in [0.29, 0.717) is 56.8 Å². The fourth-order valence-electron chi connectivity index (χ4n) is 9.86. The topological polar surface area (TPSA) is 211 Å². The predicted molar refractivity (Wildman–Crippen MR) is 228 cm³/mol. The summed E-state index contributed by atoms with van der Waals surface area (Å²) < 4.78 is 11.8. The molecule has 16 heteroatoms. The highest BCUT2D eigenvalue weighted by atomic mass is 16.5. The number of hydrogen-bond donors (Lipinski definition) is 4. The van der Waals surface area contributed by atoms with Gasteiger partial charge in [0.05, 0.1) is 44.0 Å². The van der Waals surface area contributed by atoms with Crippen LogP contribution in [0.5, 0.6) is 0 Å². The zero-order valence-electron chi connectivity index (χ0n) is 35.3. The standard InChI is InChI=1S/C46H54N8O8/c1-26(23-47)38(45(59)61-2)44(58)53-19-4-6-35(53)41-48-24-34(50-41)29-10-8-27(9-11-29)28-12-15-32(16-13-28)49-42(56)36-7-5-20-54(36)43(57)31-22-37(55)39-33(51-46(60)62-3)17-14-30-18-21-52(25-31)40(30)39/h8-13,15-16,18,21,24,26,31,33,35-36,38-39H,4-7,14,17,19-20,22-23,25,47H2,1-3H3,(H,48,50)(H,49,56)(H,51,60)/t26?,31-,33-,35-,36-,38-,39?/m0/s1. The second kappa shape index (κ2) is 18.0. The molecule has 5 N–H and O–H groups in total. The molecule has 8 rings (SSSR count). The highest BCUT2D eigenvalue weighted by molar-refractivity contribution is 6.00. The van der Waals surface area contributed by atoms with Gasteiger partial charge in [-0.2, -0.15) is 0 Å². The number of nitrogens with one attached hydrogen (secondary N) is 3. The maximum atomic E-state index is 14.1. The number of alkyl carbamates (subject to hydrolysis) is 1. The van der Waals surface area contributed by atoms with Gasteiger partial charge < -0.3 is 45.2 Å². The number of aromatic amines is 1. The summed E-state index contributed by atoms with van der Waals surface area (Å²) in [5.41, 5.74) is 12.0. The molecule has 5 heterocycles. The summed E-state index contributed by atoms with van der Waals surface area (Å²) in [7, 11) is 2.57. The second-order valence-corrected chi connectivity index (χ2v) is 16.9. The van der Waals surface area contributed by atoms with Gasteiger partial charge in [0.25, 0.3) is 0 Å². The summed E-state index contributed by atoms with van der Waals surface area (Å²) in [6, 6.07) is 16.1. The molecular formula is C46H54N8O8. The monoisotopic (exact) mass is 846 g/mol. The van der Waals surface area contributed by atoms with E-state index < -0.39 is 41.9 Å². The lowest BCUT2D eigenvalue weighted by molar-refractivity contribution is -0.156. The van der Waals surface area contributed by atoms with Gasteiger partial charge in [0.2, 0.25) is 17.7 Å². The van der Waals surface area contributed by atoms with E-state index in [0.717, 1.165) is 46.5 Å². The normalized spacial score (nSPS) is 22.9. The molecule has 0 bridgehead atoms. The molecule has 2 saturated heterocycles. The van der Waals surface area contributed by atoms with Crippen LogP contribution in [0.2, 0.25) is 0 Å². The number of nitrogens with zero attached hydrogens (tertiary/aromatic N) is 4. The lowest BCUT2D eigenvalue weighted by Gasteiger charge is -2.31. The highest BCUT2D eigenvalue weighted by Gasteiger charge is 2.45. The van der Waals surface area contributed by atoms with Crippen LogP contribution in [-0.2, 0) is 46.4 Å². The van der Waals surface area contributed by atoms with E-state index >= 15 is 0 Å². The quantitative estimate of drug-likeness (QED) is 0.122. The van der Waals surface area contributed by atoms with Crippen molar-refractivity contribution < 1.29 is 38.2 Å². The fraction of sp³-hybridized carbons (Fsp3) is 0.457. The third-order valence-electron chi connectivity index (χ3n) is 13.2. The van der Waals surface area contributed by atoms with Crippen molar-refractivity contribution in [2.75, 3.05) is 39.2 Å². The van der Waals surface area contributed by atoms with E-state index in [1.807, 2.05) is 65.4 Å². The molecule has 2 unspecified atom stereocenters. The Morgan fingerprint density at radius 1 is 0.903 bits per heavy atom. The summed E-state index contributed by atoms with van der Waals surface area (Å²) >= 11 is 0. The van der Waals surface area contributed by atoms with Gasteiger partial charge in [-0.05, 0) is 91.4 Å². The number of aromatic nitrogens is 3.